The lowest BCUT2D eigenvalue weighted by Crippen LogP contribution is -2.48. The van der Waals surface area contributed by atoms with Crippen LogP contribution in [-0.2, 0) is 30.9 Å². The molecule has 0 radical (unpaired) electrons. The summed E-state index contributed by atoms with van der Waals surface area (Å²) in [5, 5.41) is 5.81. The Bertz CT molecular complexity index is 2780. The highest BCUT2D eigenvalue weighted by molar-refractivity contribution is 7.89. The van der Waals surface area contributed by atoms with Crippen molar-refractivity contribution in [2.45, 2.75) is 76.0 Å². The highest BCUT2D eigenvalue weighted by Gasteiger charge is 2.31. The maximum Gasteiger partial charge on any atom is 0.243 e. The summed E-state index contributed by atoms with van der Waals surface area (Å²) in [6.45, 7) is 21.0. The summed E-state index contributed by atoms with van der Waals surface area (Å²) in [6.07, 6.45) is 0. The van der Waals surface area contributed by atoms with Gasteiger partial charge in [0.2, 0.25) is 20.0 Å². The molecule has 8 rings (SSSR count). The molecule has 0 spiro atoms. The standard InChI is InChI=1S/C25H31N3O2S2.C23H25ClFN3O2S2/c1-18-14-19(2)16-20(15-18)23-17-31-24(26-23)27-10-12-28(13-11-27)32(29,30)22-8-6-21(7-9-22)25(3,4)5;1-23(2,3)17-5-7-18(8-6-17)32(29,30)28-12-10-27(11-13-28)22-26-21(15-31-22)16-4-9-20(25)19(24)14-16/h6-9,14-17H,10-13H2,1-5H3;4-9,14-15H,10-13H2,1-3H3. The first kappa shape index (κ1) is 47.7. The van der Waals surface area contributed by atoms with E-state index in [9.17, 15) is 21.2 Å². The zero-order chi connectivity index (χ0) is 46.2. The average Bonchev–Trinajstić information content (AvgIpc) is 3.96. The van der Waals surface area contributed by atoms with E-state index in [1.54, 1.807) is 52.0 Å². The molecule has 2 aromatic heterocycles. The molecule has 0 bridgehead atoms. The number of nitrogens with zero attached hydrogens (tertiary/aromatic N) is 6. The summed E-state index contributed by atoms with van der Waals surface area (Å²) in [5.41, 5.74) is 8.23. The molecule has 2 aliphatic rings. The number of sulfonamides is 2. The second-order valence-electron chi connectivity index (χ2n) is 18.4. The normalized spacial score (nSPS) is 15.8. The summed E-state index contributed by atoms with van der Waals surface area (Å²) in [7, 11) is -7.02. The number of rotatable bonds is 8. The summed E-state index contributed by atoms with van der Waals surface area (Å²) in [4.78, 5) is 14.4. The number of hydrogen-bond donors (Lipinski definition) is 0. The van der Waals surface area contributed by atoms with E-state index in [1.165, 1.54) is 32.8 Å². The Hall–Kier alpha value is -4.22. The predicted octanol–water partition coefficient (Wildman–Crippen LogP) is 10.6. The summed E-state index contributed by atoms with van der Waals surface area (Å²) in [6, 6.07) is 25.5. The minimum atomic E-state index is -3.54. The smallest absolute Gasteiger partial charge is 0.243 e. The Morgan fingerprint density at radius 2 is 0.938 bits per heavy atom. The van der Waals surface area contributed by atoms with E-state index in [0.717, 1.165) is 43.9 Å². The largest absolute Gasteiger partial charge is 0.345 e. The van der Waals surface area contributed by atoms with Crippen LogP contribution in [0, 0.1) is 19.7 Å². The Morgan fingerprint density at radius 1 is 0.547 bits per heavy atom. The molecule has 0 aliphatic carbocycles. The van der Waals surface area contributed by atoms with Gasteiger partial charge in [-0.2, -0.15) is 8.61 Å². The number of aromatic nitrogens is 2. The number of piperazine rings is 2. The van der Waals surface area contributed by atoms with E-state index >= 15 is 0 Å². The van der Waals surface area contributed by atoms with Crippen molar-refractivity contribution in [3.8, 4) is 22.5 Å². The molecule has 0 N–H and O–H groups in total. The van der Waals surface area contributed by atoms with Gasteiger partial charge in [0.25, 0.3) is 0 Å². The van der Waals surface area contributed by atoms with E-state index in [4.69, 9.17) is 16.6 Å². The van der Waals surface area contributed by atoms with Crippen molar-refractivity contribution in [1.29, 1.82) is 0 Å². The average molecular weight is 964 g/mol. The SMILES string of the molecule is CC(C)(C)c1ccc(S(=O)(=O)N2CCN(c3nc(-c4ccc(F)c(Cl)c4)cs3)CC2)cc1.Cc1cc(C)cc(-c2csc(N3CCN(S(=O)(=O)c4ccc(C(C)(C)C)cc4)CC3)n2)c1. The van der Waals surface area contributed by atoms with Gasteiger partial charge < -0.3 is 9.80 Å². The third kappa shape index (κ3) is 10.9. The van der Waals surface area contributed by atoms with Gasteiger partial charge in [0.1, 0.15) is 5.82 Å². The Morgan fingerprint density at radius 3 is 1.31 bits per heavy atom. The molecular formula is C48H56ClFN6O4S4. The van der Waals surface area contributed by atoms with Crippen molar-refractivity contribution >= 4 is 64.6 Å². The van der Waals surface area contributed by atoms with Crippen molar-refractivity contribution in [2.75, 3.05) is 62.2 Å². The number of anilines is 2. The van der Waals surface area contributed by atoms with Gasteiger partial charge in [-0.1, -0.05) is 94.6 Å². The van der Waals surface area contributed by atoms with Gasteiger partial charge in [0, 0.05) is 74.2 Å². The monoisotopic (exact) mass is 962 g/mol. The van der Waals surface area contributed by atoms with Crippen LogP contribution in [0.5, 0.6) is 0 Å². The molecular weight excluding hydrogens is 907 g/mol. The molecule has 4 aromatic carbocycles. The first-order valence-electron chi connectivity index (χ1n) is 21.3. The predicted molar refractivity (Wildman–Crippen MR) is 262 cm³/mol. The molecule has 340 valence electrons. The van der Waals surface area contributed by atoms with Gasteiger partial charge in [-0.25, -0.2) is 31.2 Å². The lowest BCUT2D eigenvalue weighted by Gasteiger charge is -2.33. The Balaban J connectivity index is 0.000000191. The molecule has 2 aliphatic heterocycles. The van der Waals surface area contributed by atoms with Crippen molar-refractivity contribution in [3.63, 3.8) is 0 Å². The second kappa shape index (κ2) is 18.9. The van der Waals surface area contributed by atoms with Gasteiger partial charge in [-0.05, 0) is 90.4 Å². The molecule has 0 atom stereocenters. The highest BCUT2D eigenvalue weighted by Crippen LogP contribution is 2.33. The van der Waals surface area contributed by atoms with E-state index in [-0.39, 0.29) is 15.9 Å². The number of aryl methyl sites for hydroxylation is 2. The molecule has 6 aromatic rings. The number of thiazole rings is 2. The van der Waals surface area contributed by atoms with Gasteiger partial charge in [0.05, 0.1) is 26.2 Å². The Labute approximate surface area is 391 Å². The van der Waals surface area contributed by atoms with Gasteiger partial charge in [-0.15, -0.1) is 22.7 Å². The van der Waals surface area contributed by atoms with Gasteiger partial charge in [-0.3, -0.25) is 0 Å². The third-order valence-electron chi connectivity index (χ3n) is 11.5. The van der Waals surface area contributed by atoms with Gasteiger partial charge in [0.15, 0.2) is 10.3 Å². The van der Waals surface area contributed by atoms with Crippen molar-refractivity contribution in [2.24, 2.45) is 0 Å². The van der Waals surface area contributed by atoms with E-state index < -0.39 is 25.9 Å². The molecule has 2 saturated heterocycles. The molecule has 0 amide bonds. The van der Waals surface area contributed by atoms with Crippen molar-refractivity contribution in [3.05, 3.63) is 129 Å². The zero-order valence-electron chi connectivity index (χ0n) is 37.6. The third-order valence-corrected chi connectivity index (χ3v) is 17.4. The number of benzene rings is 4. The van der Waals surface area contributed by atoms with E-state index in [2.05, 4.69) is 93.8 Å². The maximum atomic E-state index is 13.4. The van der Waals surface area contributed by atoms with Crippen LogP contribution in [0.4, 0.5) is 14.7 Å². The summed E-state index contributed by atoms with van der Waals surface area (Å²) >= 11 is 8.99. The lowest BCUT2D eigenvalue weighted by atomic mass is 9.87. The first-order valence-corrected chi connectivity index (χ1v) is 26.3. The van der Waals surface area contributed by atoms with Crippen LogP contribution in [0.3, 0.4) is 0 Å². The van der Waals surface area contributed by atoms with E-state index in [1.807, 2.05) is 29.6 Å². The van der Waals surface area contributed by atoms with Crippen LogP contribution in [0.15, 0.2) is 105 Å². The maximum absolute atomic E-state index is 13.4. The molecule has 0 unspecified atom stereocenters. The van der Waals surface area contributed by atoms with Crippen molar-refractivity contribution in [1.82, 2.24) is 18.6 Å². The van der Waals surface area contributed by atoms with Crippen LogP contribution < -0.4 is 9.80 Å². The molecule has 64 heavy (non-hydrogen) atoms. The molecule has 16 heteroatoms. The molecule has 2 fully saturated rings. The van der Waals surface area contributed by atoms with Crippen LogP contribution in [0.1, 0.15) is 63.8 Å². The molecule has 4 heterocycles. The van der Waals surface area contributed by atoms with Crippen LogP contribution in [0.2, 0.25) is 5.02 Å². The molecule has 0 saturated carbocycles. The minimum absolute atomic E-state index is 0.00236. The van der Waals surface area contributed by atoms with Gasteiger partial charge >= 0.3 is 0 Å². The zero-order valence-corrected chi connectivity index (χ0v) is 41.6. The fraction of sp³-hybridized carbons (Fsp3) is 0.375. The first-order chi connectivity index (χ1) is 30.1. The fourth-order valence-corrected chi connectivity index (χ4v) is 12.5. The number of halogens is 2. The number of hydrogen-bond acceptors (Lipinski definition) is 10. The second-order valence-corrected chi connectivity index (χ2v) is 24.3. The quantitative estimate of drug-likeness (QED) is 0.148. The van der Waals surface area contributed by atoms with Crippen LogP contribution in [-0.4, -0.2) is 87.8 Å². The topological polar surface area (TPSA) is 107 Å². The highest BCUT2D eigenvalue weighted by atomic mass is 35.5. The van der Waals surface area contributed by atoms with Crippen LogP contribution in [0.25, 0.3) is 22.5 Å². The molecule has 10 nitrogen and oxygen atoms in total. The lowest BCUT2D eigenvalue weighted by molar-refractivity contribution is 0.384. The van der Waals surface area contributed by atoms with Crippen LogP contribution >= 0.6 is 34.3 Å². The van der Waals surface area contributed by atoms with E-state index in [0.29, 0.717) is 62.1 Å². The minimum Gasteiger partial charge on any atom is -0.345 e. The fourth-order valence-electron chi connectivity index (χ4n) is 7.65. The summed E-state index contributed by atoms with van der Waals surface area (Å²) < 4.78 is 69.0. The summed E-state index contributed by atoms with van der Waals surface area (Å²) in [5.74, 6) is -0.462. The Kier molecular flexibility index (Phi) is 14.1. The van der Waals surface area contributed by atoms with Crippen molar-refractivity contribution < 1.29 is 21.2 Å².